The van der Waals surface area contributed by atoms with Gasteiger partial charge in [-0.05, 0) is 25.1 Å². The number of carbonyl (C=O) groups excluding carboxylic acids is 1. The summed E-state index contributed by atoms with van der Waals surface area (Å²) in [5.41, 5.74) is 0.193. The number of halogens is 2. The summed E-state index contributed by atoms with van der Waals surface area (Å²) in [5, 5.41) is 5.43. The predicted octanol–water partition coefficient (Wildman–Crippen LogP) is 1.75. The van der Waals surface area contributed by atoms with E-state index in [2.05, 4.69) is 17.2 Å². The van der Waals surface area contributed by atoms with Crippen LogP contribution in [0.4, 0.5) is 8.78 Å². The van der Waals surface area contributed by atoms with Gasteiger partial charge in [0.2, 0.25) is 5.91 Å². The van der Waals surface area contributed by atoms with Crippen LogP contribution in [0.2, 0.25) is 0 Å². The molecule has 0 fully saturated rings. The molecule has 0 saturated heterocycles. The summed E-state index contributed by atoms with van der Waals surface area (Å²) in [4.78, 5) is 11.5. The lowest BCUT2D eigenvalue weighted by Crippen LogP contribution is -2.41. The highest BCUT2D eigenvalue weighted by Gasteiger charge is 2.12. The van der Waals surface area contributed by atoms with Gasteiger partial charge in [-0.15, -0.1) is 6.58 Å². The maximum absolute atomic E-state index is 13.3. The molecule has 0 spiro atoms. The molecule has 1 aromatic rings. The molecule has 0 aliphatic carbocycles. The fourth-order valence-electron chi connectivity index (χ4n) is 1.36. The molecule has 0 saturated carbocycles. The van der Waals surface area contributed by atoms with Gasteiger partial charge in [-0.25, -0.2) is 8.78 Å². The summed E-state index contributed by atoms with van der Waals surface area (Å²) < 4.78 is 26.2. The van der Waals surface area contributed by atoms with Crippen molar-refractivity contribution in [2.24, 2.45) is 0 Å². The summed E-state index contributed by atoms with van der Waals surface area (Å²) in [6.07, 6.45) is 1.57. The molecule has 0 radical (unpaired) electrons. The van der Waals surface area contributed by atoms with Crippen LogP contribution in [-0.2, 0) is 11.3 Å². The van der Waals surface area contributed by atoms with Gasteiger partial charge in [0.1, 0.15) is 11.6 Å². The summed E-state index contributed by atoms with van der Waals surface area (Å²) in [6, 6.07) is 2.73. The topological polar surface area (TPSA) is 41.1 Å². The van der Waals surface area contributed by atoms with Gasteiger partial charge in [0, 0.05) is 18.7 Å². The van der Waals surface area contributed by atoms with Crippen molar-refractivity contribution in [3.05, 3.63) is 48.1 Å². The van der Waals surface area contributed by atoms with Crippen molar-refractivity contribution in [1.82, 2.24) is 10.6 Å². The number of rotatable bonds is 6. The third-order valence-corrected chi connectivity index (χ3v) is 2.42. The van der Waals surface area contributed by atoms with Crippen LogP contribution in [-0.4, -0.2) is 18.5 Å². The minimum atomic E-state index is -0.503. The van der Waals surface area contributed by atoms with Crippen molar-refractivity contribution >= 4 is 5.91 Å². The molecule has 1 unspecified atom stereocenters. The van der Waals surface area contributed by atoms with Crippen LogP contribution in [0.5, 0.6) is 0 Å². The molecule has 1 amide bonds. The Morgan fingerprint density at radius 1 is 1.50 bits per heavy atom. The summed E-state index contributed by atoms with van der Waals surface area (Å²) in [5.74, 6) is -1.22. The second-order valence-electron chi connectivity index (χ2n) is 3.87. The minimum absolute atomic E-state index is 0.0896. The van der Waals surface area contributed by atoms with Crippen LogP contribution in [0.3, 0.4) is 0 Å². The Kier molecular flexibility index (Phi) is 5.45. The molecule has 0 aliphatic rings. The smallest absolute Gasteiger partial charge is 0.237 e. The summed E-state index contributed by atoms with van der Waals surface area (Å²) in [7, 11) is 0. The number of hydrogen-bond acceptors (Lipinski definition) is 2. The van der Waals surface area contributed by atoms with Gasteiger partial charge in [-0.1, -0.05) is 6.08 Å². The monoisotopic (exact) mass is 254 g/mol. The van der Waals surface area contributed by atoms with Crippen LogP contribution < -0.4 is 10.6 Å². The molecule has 98 valence electrons. The van der Waals surface area contributed by atoms with E-state index in [1.54, 1.807) is 13.0 Å². The Labute approximate surface area is 105 Å². The van der Waals surface area contributed by atoms with Gasteiger partial charge in [0.15, 0.2) is 0 Å². The zero-order valence-electron chi connectivity index (χ0n) is 10.2. The minimum Gasteiger partial charge on any atom is -0.351 e. The molecule has 5 heteroatoms. The van der Waals surface area contributed by atoms with Crippen LogP contribution in [0.1, 0.15) is 12.5 Å². The molecule has 18 heavy (non-hydrogen) atoms. The van der Waals surface area contributed by atoms with Gasteiger partial charge in [-0.2, -0.15) is 0 Å². The van der Waals surface area contributed by atoms with Crippen molar-refractivity contribution in [1.29, 1.82) is 0 Å². The highest BCUT2D eigenvalue weighted by Crippen LogP contribution is 2.09. The summed E-state index contributed by atoms with van der Waals surface area (Å²) >= 11 is 0. The van der Waals surface area contributed by atoms with Crippen LogP contribution in [0.15, 0.2) is 30.9 Å². The lowest BCUT2D eigenvalue weighted by molar-refractivity contribution is -0.122. The Morgan fingerprint density at radius 2 is 2.22 bits per heavy atom. The van der Waals surface area contributed by atoms with E-state index in [1.165, 1.54) is 0 Å². The highest BCUT2D eigenvalue weighted by molar-refractivity contribution is 5.81. The van der Waals surface area contributed by atoms with Crippen molar-refractivity contribution in [3.63, 3.8) is 0 Å². The standard InChI is InChI=1S/C13H16F2N2O/c1-3-6-16-13(18)9(2)17-8-10-7-11(14)4-5-12(10)15/h3-5,7,9,17H,1,6,8H2,2H3,(H,16,18). The first-order valence-corrected chi connectivity index (χ1v) is 5.60. The Morgan fingerprint density at radius 3 is 2.89 bits per heavy atom. The first-order valence-electron chi connectivity index (χ1n) is 5.60. The van der Waals surface area contributed by atoms with E-state index in [0.717, 1.165) is 18.2 Å². The molecule has 1 aromatic carbocycles. The highest BCUT2D eigenvalue weighted by atomic mass is 19.1. The summed E-state index contributed by atoms with van der Waals surface area (Å²) in [6.45, 7) is 5.59. The third-order valence-electron chi connectivity index (χ3n) is 2.42. The average molecular weight is 254 g/mol. The van der Waals surface area contributed by atoms with Gasteiger partial charge < -0.3 is 10.6 Å². The van der Waals surface area contributed by atoms with Crippen LogP contribution >= 0.6 is 0 Å². The second kappa shape index (κ2) is 6.86. The molecule has 0 aromatic heterocycles. The van der Waals surface area contributed by atoms with E-state index in [4.69, 9.17) is 0 Å². The van der Waals surface area contributed by atoms with Crippen LogP contribution in [0, 0.1) is 11.6 Å². The SMILES string of the molecule is C=CCNC(=O)C(C)NCc1cc(F)ccc1F. The van der Waals surface area contributed by atoms with Crippen LogP contribution in [0.25, 0.3) is 0 Å². The fourth-order valence-corrected chi connectivity index (χ4v) is 1.36. The van der Waals surface area contributed by atoms with Gasteiger partial charge in [0.05, 0.1) is 6.04 Å². The van der Waals surface area contributed by atoms with E-state index >= 15 is 0 Å². The first kappa shape index (κ1) is 14.3. The number of nitrogens with one attached hydrogen (secondary N) is 2. The molecule has 0 bridgehead atoms. The van der Waals surface area contributed by atoms with Gasteiger partial charge in [0.25, 0.3) is 0 Å². The van der Waals surface area contributed by atoms with E-state index in [9.17, 15) is 13.6 Å². The number of hydrogen-bond donors (Lipinski definition) is 2. The molecular weight excluding hydrogens is 238 g/mol. The van der Waals surface area contributed by atoms with Crippen molar-refractivity contribution in [3.8, 4) is 0 Å². The Balaban J connectivity index is 2.51. The van der Waals surface area contributed by atoms with Crippen molar-refractivity contribution < 1.29 is 13.6 Å². The molecule has 0 aliphatic heterocycles. The van der Waals surface area contributed by atoms with Crippen molar-refractivity contribution in [2.45, 2.75) is 19.5 Å². The fraction of sp³-hybridized carbons (Fsp3) is 0.308. The lowest BCUT2D eigenvalue weighted by atomic mass is 10.2. The molecular formula is C13H16F2N2O. The Bertz CT molecular complexity index is 435. The quantitative estimate of drug-likeness (QED) is 0.759. The van der Waals surface area contributed by atoms with Gasteiger partial charge >= 0.3 is 0 Å². The zero-order chi connectivity index (χ0) is 13.5. The molecule has 3 nitrogen and oxygen atoms in total. The lowest BCUT2D eigenvalue weighted by Gasteiger charge is -2.13. The zero-order valence-corrected chi connectivity index (χ0v) is 10.2. The normalized spacial score (nSPS) is 11.9. The molecule has 1 rings (SSSR count). The number of carbonyl (C=O) groups is 1. The van der Waals surface area contributed by atoms with E-state index in [0.29, 0.717) is 6.54 Å². The molecule has 1 atom stereocenters. The average Bonchev–Trinajstić information content (AvgIpc) is 2.36. The maximum Gasteiger partial charge on any atom is 0.237 e. The van der Waals surface area contributed by atoms with Crippen molar-refractivity contribution in [2.75, 3.05) is 6.54 Å². The maximum atomic E-state index is 13.3. The second-order valence-corrected chi connectivity index (χ2v) is 3.87. The Hall–Kier alpha value is -1.75. The molecule has 0 heterocycles. The number of benzene rings is 1. The van der Waals surface area contributed by atoms with E-state index in [1.807, 2.05) is 0 Å². The third kappa shape index (κ3) is 4.25. The largest absolute Gasteiger partial charge is 0.351 e. The van der Waals surface area contributed by atoms with Gasteiger partial charge in [-0.3, -0.25) is 4.79 Å². The number of amides is 1. The predicted molar refractivity (Wildman–Crippen MR) is 65.9 cm³/mol. The van der Waals surface area contributed by atoms with E-state index < -0.39 is 17.7 Å². The first-order chi connectivity index (χ1) is 8.54. The van der Waals surface area contributed by atoms with E-state index in [-0.39, 0.29) is 18.0 Å². The molecule has 2 N–H and O–H groups in total.